The molecule has 0 N–H and O–H groups in total. The Kier molecular flexibility index (Phi) is 4.19. The number of hydrogen-bond acceptors (Lipinski definition) is 4. The summed E-state index contributed by atoms with van der Waals surface area (Å²) >= 11 is 0. The summed E-state index contributed by atoms with van der Waals surface area (Å²) in [6, 6.07) is 3.77. The Bertz CT molecular complexity index is 696. The van der Waals surface area contributed by atoms with Crippen LogP contribution < -0.4 is 4.74 Å². The maximum atomic E-state index is 12.6. The highest BCUT2D eigenvalue weighted by molar-refractivity contribution is 5.76. The van der Waals surface area contributed by atoms with Gasteiger partial charge >= 0.3 is 0 Å². The van der Waals surface area contributed by atoms with Crippen LogP contribution in [0.1, 0.15) is 25.1 Å². The average Bonchev–Trinajstić information content (AvgIpc) is 3.35. The van der Waals surface area contributed by atoms with Crippen LogP contribution >= 0.6 is 0 Å². The number of fused-ring (bicyclic) bond motifs is 1. The fourth-order valence-corrected chi connectivity index (χ4v) is 3.18. The SMILES string of the molecule is O=C(CC1CC1)N1Cc2nccn2CC(COc2cccnc2)C1. The lowest BCUT2D eigenvalue weighted by Crippen LogP contribution is -2.36. The second-order valence-corrected chi connectivity index (χ2v) is 6.78. The maximum absolute atomic E-state index is 12.6. The van der Waals surface area contributed by atoms with Gasteiger partial charge in [-0.3, -0.25) is 9.78 Å². The lowest BCUT2D eigenvalue weighted by atomic mass is 10.1. The summed E-state index contributed by atoms with van der Waals surface area (Å²) in [6.07, 6.45) is 10.3. The van der Waals surface area contributed by atoms with Crippen LogP contribution in [0.4, 0.5) is 0 Å². The third-order valence-electron chi connectivity index (χ3n) is 4.70. The molecule has 0 spiro atoms. The fourth-order valence-electron chi connectivity index (χ4n) is 3.18. The molecule has 1 fully saturated rings. The number of nitrogens with zero attached hydrogens (tertiary/aromatic N) is 4. The second-order valence-electron chi connectivity index (χ2n) is 6.78. The third kappa shape index (κ3) is 3.58. The van der Waals surface area contributed by atoms with E-state index in [0.717, 1.165) is 24.7 Å². The monoisotopic (exact) mass is 326 g/mol. The molecule has 1 amide bonds. The highest BCUT2D eigenvalue weighted by atomic mass is 16.5. The number of carbonyl (C=O) groups is 1. The molecule has 3 heterocycles. The molecule has 2 aromatic rings. The van der Waals surface area contributed by atoms with Crippen molar-refractivity contribution in [2.45, 2.75) is 32.4 Å². The van der Waals surface area contributed by atoms with E-state index in [1.54, 1.807) is 12.4 Å². The summed E-state index contributed by atoms with van der Waals surface area (Å²) in [5, 5.41) is 0. The molecule has 126 valence electrons. The molecule has 1 aliphatic heterocycles. The minimum absolute atomic E-state index is 0.240. The lowest BCUT2D eigenvalue weighted by Gasteiger charge is -2.24. The Morgan fingerprint density at radius 1 is 1.25 bits per heavy atom. The molecule has 6 heteroatoms. The van der Waals surface area contributed by atoms with E-state index in [0.29, 0.717) is 25.5 Å². The van der Waals surface area contributed by atoms with Crippen LogP contribution in [0.3, 0.4) is 0 Å². The topological polar surface area (TPSA) is 60.2 Å². The van der Waals surface area contributed by atoms with Gasteiger partial charge in [-0.15, -0.1) is 0 Å². The third-order valence-corrected chi connectivity index (χ3v) is 4.70. The largest absolute Gasteiger partial charge is 0.492 e. The first kappa shape index (κ1) is 15.2. The summed E-state index contributed by atoms with van der Waals surface area (Å²) in [5.74, 6) is 2.82. The van der Waals surface area contributed by atoms with E-state index in [9.17, 15) is 4.79 Å². The van der Waals surface area contributed by atoms with Gasteiger partial charge in [-0.05, 0) is 30.9 Å². The van der Waals surface area contributed by atoms with Crippen molar-refractivity contribution < 1.29 is 9.53 Å². The van der Waals surface area contributed by atoms with E-state index in [4.69, 9.17) is 4.74 Å². The first-order chi connectivity index (χ1) is 11.8. The van der Waals surface area contributed by atoms with E-state index in [2.05, 4.69) is 14.5 Å². The van der Waals surface area contributed by atoms with E-state index in [1.807, 2.05) is 29.4 Å². The lowest BCUT2D eigenvalue weighted by molar-refractivity contribution is -0.132. The van der Waals surface area contributed by atoms with Gasteiger partial charge in [-0.2, -0.15) is 0 Å². The quantitative estimate of drug-likeness (QED) is 0.844. The molecular formula is C18H22N4O2. The van der Waals surface area contributed by atoms with Gasteiger partial charge in [0.15, 0.2) is 0 Å². The van der Waals surface area contributed by atoms with Gasteiger partial charge in [-0.1, -0.05) is 0 Å². The zero-order valence-electron chi connectivity index (χ0n) is 13.7. The number of amides is 1. The molecule has 1 unspecified atom stereocenters. The fraction of sp³-hybridized carbons (Fsp3) is 0.500. The predicted octanol–water partition coefficient (Wildman–Crippen LogP) is 2.12. The van der Waals surface area contributed by atoms with Gasteiger partial charge in [0.25, 0.3) is 0 Å². The van der Waals surface area contributed by atoms with Crippen molar-refractivity contribution in [3.63, 3.8) is 0 Å². The molecule has 0 saturated heterocycles. The van der Waals surface area contributed by atoms with Crippen LogP contribution in [0.5, 0.6) is 5.75 Å². The highest BCUT2D eigenvalue weighted by Crippen LogP contribution is 2.33. The van der Waals surface area contributed by atoms with Crippen LogP contribution in [0.2, 0.25) is 0 Å². The van der Waals surface area contributed by atoms with Gasteiger partial charge < -0.3 is 14.2 Å². The van der Waals surface area contributed by atoms with Gasteiger partial charge in [0.2, 0.25) is 5.91 Å². The van der Waals surface area contributed by atoms with Crippen molar-refractivity contribution in [2.24, 2.45) is 11.8 Å². The molecule has 4 rings (SSSR count). The average molecular weight is 326 g/mol. The number of hydrogen-bond donors (Lipinski definition) is 0. The standard InChI is InChI=1S/C18H22N4O2/c23-18(8-14-3-4-14)22-11-15(10-21-7-6-20-17(21)12-22)13-24-16-2-1-5-19-9-16/h1-2,5-7,9,14-15H,3-4,8,10-13H2. The first-order valence-corrected chi connectivity index (χ1v) is 8.58. The molecule has 24 heavy (non-hydrogen) atoms. The molecule has 1 saturated carbocycles. The predicted molar refractivity (Wildman–Crippen MR) is 88.2 cm³/mol. The molecule has 2 aromatic heterocycles. The van der Waals surface area contributed by atoms with Crippen LogP contribution in [-0.2, 0) is 17.9 Å². The summed E-state index contributed by atoms with van der Waals surface area (Å²) in [5.41, 5.74) is 0. The van der Waals surface area contributed by atoms with Crippen molar-refractivity contribution in [3.8, 4) is 5.75 Å². The Balaban J connectivity index is 1.45. The number of rotatable bonds is 5. The summed E-state index contributed by atoms with van der Waals surface area (Å²) in [7, 11) is 0. The molecule has 0 aromatic carbocycles. The molecule has 0 radical (unpaired) electrons. The normalized spacial score (nSPS) is 20.3. The van der Waals surface area contributed by atoms with E-state index in [-0.39, 0.29) is 11.8 Å². The Hall–Kier alpha value is -2.37. The smallest absolute Gasteiger partial charge is 0.223 e. The van der Waals surface area contributed by atoms with E-state index >= 15 is 0 Å². The zero-order valence-corrected chi connectivity index (χ0v) is 13.7. The minimum atomic E-state index is 0.240. The van der Waals surface area contributed by atoms with Crippen LogP contribution in [-0.4, -0.2) is 38.5 Å². The summed E-state index contributed by atoms with van der Waals surface area (Å²) < 4.78 is 8.02. The molecule has 1 atom stereocenters. The molecular weight excluding hydrogens is 304 g/mol. The van der Waals surface area contributed by atoms with E-state index < -0.39 is 0 Å². The Morgan fingerprint density at radius 2 is 2.17 bits per heavy atom. The van der Waals surface area contributed by atoms with Crippen molar-refractivity contribution in [3.05, 3.63) is 42.7 Å². The van der Waals surface area contributed by atoms with Crippen molar-refractivity contribution in [2.75, 3.05) is 13.2 Å². The van der Waals surface area contributed by atoms with Crippen molar-refractivity contribution in [1.29, 1.82) is 0 Å². The number of aromatic nitrogens is 3. The molecule has 2 aliphatic rings. The zero-order chi connectivity index (χ0) is 16.4. The van der Waals surface area contributed by atoms with Crippen LogP contribution in [0.15, 0.2) is 36.9 Å². The van der Waals surface area contributed by atoms with Crippen LogP contribution in [0, 0.1) is 11.8 Å². The first-order valence-electron chi connectivity index (χ1n) is 8.58. The number of pyridine rings is 1. The highest BCUT2D eigenvalue weighted by Gasteiger charge is 2.30. The van der Waals surface area contributed by atoms with Gasteiger partial charge in [0.05, 0.1) is 19.3 Å². The van der Waals surface area contributed by atoms with Crippen molar-refractivity contribution >= 4 is 5.91 Å². The molecule has 1 aliphatic carbocycles. The Labute approximate surface area is 141 Å². The van der Waals surface area contributed by atoms with Gasteiger partial charge in [0, 0.05) is 44.0 Å². The summed E-state index contributed by atoms with van der Waals surface area (Å²) in [6.45, 7) is 2.70. The van der Waals surface area contributed by atoms with E-state index in [1.165, 1.54) is 12.8 Å². The molecule has 0 bridgehead atoms. The number of carbonyl (C=O) groups excluding carboxylic acids is 1. The number of imidazole rings is 1. The molecule has 6 nitrogen and oxygen atoms in total. The van der Waals surface area contributed by atoms with Gasteiger partial charge in [0.1, 0.15) is 11.6 Å². The minimum Gasteiger partial charge on any atom is -0.492 e. The van der Waals surface area contributed by atoms with Crippen molar-refractivity contribution in [1.82, 2.24) is 19.4 Å². The Morgan fingerprint density at radius 3 is 2.96 bits per heavy atom. The van der Waals surface area contributed by atoms with Crippen LogP contribution in [0.25, 0.3) is 0 Å². The second kappa shape index (κ2) is 6.63. The van der Waals surface area contributed by atoms with Gasteiger partial charge in [-0.25, -0.2) is 4.98 Å². The maximum Gasteiger partial charge on any atom is 0.223 e. The summed E-state index contributed by atoms with van der Waals surface area (Å²) in [4.78, 5) is 23.0. The number of ether oxygens (including phenoxy) is 1.